The molecule has 2 aliphatic heterocycles. The van der Waals surface area contributed by atoms with Crippen molar-refractivity contribution < 1.29 is 13.9 Å². The third-order valence-electron chi connectivity index (χ3n) is 4.51. The number of amides is 1. The van der Waals surface area contributed by atoms with Crippen molar-refractivity contribution in [3.05, 3.63) is 24.0 Å². The van der Waals surface area contributed by atoms with E-state index in [1.807, 2.05) is 28.6 Å². The highest BCUT2D eigenvalue weighted by Crippen LogP contribution is 2.29. The Kier molecular flexibility index (Phi) is 6.08. The van der Waals surface area contributed by atoms with Gasteiger partial charge in [-0.05, 0) is 30.4 Å². The Morgan fingerprint density at radius 2 is 2.19 bits per heavy atom. The summed E-state index contributed by atoms with van der Waals surface area (Å²) >= 11 is 7.04. The Hall–Kier alpha value is -1.74. The molecule has 0 saturated carbocycles. The second-order valence-corrected chi connectivity index (χ2v) is 7.90. The predicted molar refractivity (Wildman–Crippen MR) is 108 cm³/mol. The Labute approximate surface area is 162 Å². The summed E-state index contributed by atoms with van der Waals surface area (Å²) in [6.45, 7) is 2.53. The highest BCUT2D eigenvalue weighted by molar-refractivity contribution is 7.99. The Morgan fingerprint density at radius 3 is 2.85 bits per heavy atom. The first-order valence-corrected chi connectivity index (χ1v) is 10.1. The summed E-state index contributed by atoms with van der Waals surface area (Å²) in [4.78, 5) is 17.5. The van der Waals surface area contributed by atoms with Crippen molar-refractivity contribution in [2.24, 2.45) is 0 Å². The van der Waals surface area contributed by atoms with Crippen molar-refractivity contribution in [3.63, 3.8) is 0 Å². The van der Waals surface area contributed by atoms with Gasteiger partial charge in [0, 0.05) is 38.7 Å². The van der Waals surface area contributed by atoms with Crippen molar-refractivity contribution in [2.75, 3.05) is 61.6 Å². The zero-order valence-electron chi connectivity index (χ0n) is 14.9. The van der Waals surface area contributed by atoms with Gasteiger partial charge in [-0.3, -0.25) is 4.90 Å². The van der Waals surface area contributed by atoms with E-state index in [1.165, 1.54) is 11.0 Å². The smallest absolute Gasteiger partial charge is 0.414 e. The van der Waals surface area contributed by atoms with Crippen LogP contribution in [0.4, 0.5) is 20.6 Å². The average Bonchev–Trinajstić information content (AvgIpc) is 3.01. The minimum Gasteiger partial charge on any atom is -0.442 e. The van der Waals surface area contributed by atoms with Gasteiger partial charge in [0.05, 0.1) is 24.5 Å². The fourth-order valence-corrected chi connectivity index (χ4v) is 4.11. The lowest BCUT2D eigenvalue weighted by Crippen LogP contribution is -2.40. The number of hydrogen-bond donors (Lipinski definition) is 1. The number of likely N-dealkylation sites (N-methyl/N-ethyl adjacent to an activating group) is 1. The summed E-state index contributed by atoms with van der Waals surface area (Å²) in [7, 11) is 3.58. The SMILES string of the molecule is CNC(=S)N(C)C[C@H]1CN(c2ccc(N3CCSCC3)c(F)c2)C(=O)O1. The number of ether oxygens (including phenoxy) is 1. The number of anilines is 2. The van der Waals surface area contributed by atoms with E-state index in [0.717, 1.165) is 24.6 Å². The number of thiocarbonyl (C=S) groups is 1. The monoisotopic (exact) mass is 398 g/mol. The molecule has 2 fully saturated rings. The van der Waals surface area contributed by atoms with E-state index < -0.39 is 6.09 Å². The molecule has 26 heavy (non-hydrogen) atoms. The number of carbonyl (C=O) groups is 1. The minimum atomic E-state index is -0.458. The molecule has 9 heteroatoms. The highest BCUT2D eigenvalue weighted by Gasteiger charge is 2.33. The van der Waals surface area contributed by atoms with Gasteiger partial charge < -0.3 is 19.9 Å². The number of nitrogens with one attached hydrogen (secondary N) is 1. The van der Waals surface area contributed by atoms with Crippen LogP contribution in [0.5, 0.6) is 0 Å². The molecule has 0 aromatic heterocycles. The molecule has 2 heterocycles. The quantitative estimate of drug-likeness (QED) is 0.780. The van der Waals surface area contributed by atoms with E-state index in [1.54, 1.807) is 19.2 Å². The third kappa shape index (κ3) is 4.15. The fraction of sp³-hybridized carbons (Fsp3) is 0.529. The number of cyclic esters (lactones) is 1. The standard InChI is InChI=1S/C17H23FN4O2S2/c1-19-16(25)20(2)10-13-11-22(17(23)24-13)12-3-4-15(14(18)9-12)21-5-7-26-8-6-21/h3-4,9,13H,5-8,10-11H2,1-2H3,(H,19,25)/t13-/m0/s1. The molecule has 1 atom stereocenters. The molecule has 2 aliphatic rings. The summed E-state index contributed by atoms with van der Waals surface area (Å²) in [5.41, 5.74) is 1.11. The van der Waals surface area contributed by atoms with Gasteiger partial charge >= 0.3 is 6.09 Å². The molecule has 1 aromatic rings. The lowest BCUT2D eigenvalue weighted by atomic mass is 10.2. The molecule has 2 saturated heterocycles. The van der Waals surface area contributed by atoms with Crippen LogP contribution in [-0.4, -0.2) is 74.0 Å². The van der Waals surface area contributed by atoms with Gasteiger partial charge in [0.25, 0.3) is 0 Å². The molecule has 1 amide bonds. The van der Waals surface area contributed by atoms with Crippen molar-refractivity contribution in [1.29, 1.82) is 0 Å². The summed E-state index contributed by atoms with van der Waals surface area (Å²) in [5.74, 6) is 1.70. The summed E-state index contributed by atoms with van der Waals surface area (Å²) in [6, 6.07) is 4.96. The maximum absolute atomic E-state index is 14.6. The molecule has 142 valence electrons. The maximum Gasteiger partial charge on any atom is 0.414 e. The van der Waals surface area contributed by atoms with Gasteiger partial charge in [-0.2, -0.15) is 11.8 Å². The third-order valence-corrected chi connectivity index (χ3v) is 5.97. The topological polar surface area (TPSA) is 48.0 Å². The second kappa shape index (κ2) is 8.30. The first-order chi connectivity index (χ1) is 12.5. The van der Waals surface area contributed by atoms with Gasteiger partial charge in [0.15, 0.2) is 5.11 Å². The summed E-state index contributed by atoms with van der Waals surface area (Å²) in [5, 5.41) is 3.46. The molecule has 0 spiro atoms. The molecule has 0 aliphatic carbocycles. The van der Waals surface area contributed by atoms with Crippen molar-refractivity contribution >= 4 is 46.6 Å². The van der Waals surface area contributed by atoms with E-state index >= 15 is 0 Å². The molecular weight excluding hydrogens is 375 g/mol. The van der Waals surface area contributed by atoms with Gasteiger partial charge in [0.1, 0.15) is 11.9 Å². The van der Waals surface area contributed by atoms with Crippen molar-refractivity contribution in [1.82, 2.24) is 10.2 Å². The van der Waals surface area contributed by atoms with Gasteiger partial charge in [0.2, 0.25) is 0 Å². The minimum absolute atomic E-state index is 0.306. The van der Waals surface area contributed by atoms with Crippen LogP contribution in [0.15, 0.2) is 18.2 Å². The number of rotatable bonds is 4. The van der Waals surface area contributed by atoms with Crippen LogP contribution in [-0.2, 0) is 4.74 Å². The lowest BCUT2D eigenvalue weighted by molar-refractivity contribution is 0.130. The van der Waals surface area contributed by atoms with Gasteiger partial charge in [-0.15, -0.1) is 0 Å². The molecule has 0 unspecified atom stereocenters. The predicted octanol–water partition coefficient (Wildman–Crippen LogP) is 2.14. The zero-order chi connectivity index (χ0) is 18.7. The Balaban J connectivity index is 1.68. The normalized spacial score (nSPS) is 20.1. The van der Waals surface area contributed by atoms with Crippen molar-refractivity contribution in [3.8, 4) is 0 Å². The van der Waals surface area contributed by atoms with Gasteiger partial charge in [-0.1, -0.05) is 0 Å². The second-order valence-electron chi connectivity index (χ2n) is 6.29. The number of thioether (sulfide) groups is 1. The van der Waals surface area contributed by atoms with Crippen LogP contribution >= 0.6 is 24.0 Å². The molecule has 3 rings (SSSR count). The lowest BCUT2D eigenvalue weighted by Gasteiger charge is -2.29. The van der Waals surface area contributed by atoms with Crippen molar-refractivity contribution in [2.45, 2.75) is 6.10 Å². The van der Waals surface area contributed by atoms with Crippen LogP contribution in [0.2, 0.25) is 0 Å². The number of hydrogen-bond acceptors (Lipinski definition) is 5. The summed E-state index contributed by atoms with van der Waals surface area (Å²) < 4.78 is 20.0. The number of nitrogens with zero attached hydrogens (tertiary/aromatic N) is 3. The Bertz CT molecular complexity index is 685. The van der Waals surface area contributed by atoms with Crippen LogP contribution in [0, 0.1) is 5.82 Å². The van der Waals surface area contributed by atoms with Crippen LogP contribution in [0.25, 0.3) is 0 Å². The number of benzene rings is 1. The highest BCUT2D eigenvalue weighted by atomic mass is 32.2. The average molecular weight is 399 g/mol. The molecule has 1 aromatic carbocycles. The van der Waals surface area contributed by atoms with E-state index in [9.17, 15) is 9.18 Å². The van der Waals surface area contributed by atoms with E-state index in [4.69, 9.17) is 17.0 Å². The van der Waals surface area contributed by atoms with E-state index in [-0.39, 0.29) is 11.9 Å². The van der Waals surface area contributed by atoms with Crippen LogP contribution in [0.3, 0.4) is 0 Å². The first kappa shape index (κ1) is 19.0. The molecule has 0 bridgehead atoms. The number of halogens is 1. The Morgan fingerprint density at radius 1 is 1.46 bits per heavy atom. The molecule has 1 N–H and O–H groups in total. The molecular formula is C17H23FN4O2S2. The van der Waals surface area contributed by atoms with Crippen LogP contribution in [0.1, 0.15) is 0 Å². The van der Waals surface area contributed by atoms with E-state index in [2.05, 4.69) is 5.32 Å². The largest absolute Gasteiger partial charge is 0.442 e. The van der Waals surface area contributed by atoms with E-state index in [0.29, 0.717) is 29.6 Å². The van der Waals surface area contributed by atoms with Crippen LogP contribution < -0.4 is 15.1 Å². The van der Waals surface area contributed by atoms with Gasteiger partial charge in [-0.25, -0.2) is 9.18 Å². The first-order valence-electron chi connectivity index (χ1n) is 8.53. The number of carbonyl (C=O) groups excluding carboxylic acids is 1. The molecule has 0 radical (unpaired) electrons. The maximum atomic E-state index is 14.6. The molecule has 6 nitrogen and oxygen atoms in total. The fourth-order valence-electron chi connectivity index (χ4n) is 3.13. The summed E-state index contributed by atoms with van der Waals surface area (Å²) in [6.07, 6.45) is -0.777. The zero-order valence-corrected chi connectivity index (χ0v) is 16.5.